The monoisotopic (exact) mass is 382 g/mol. The first-order valence-electron chi connectivity index (χ1n) is 8.13. The van der Waals surface area contributed by atoms with Crippen molar-refractivity contribution in [3.63, 3.8) is 0 Å². The van der Waals surface area contributed by atoms with E-state index in [2.05, 4.69) is 0 Å². The van der Waals surface area contributed by atoms with Gasteiger partial charge in [-0.15, -0.1) is 0 Å². The summed E-state index contributed by atoms with van der Waals surface area (Å²) >= 11 is 1.37. The van der Waals surface area contributed by atoms with Crippen LogP contribution >= 0.6 is 11.8 Å². The molecule has 4 atom stereocenters. The fourth-order valence-corrected chi connectivity index (χ4v) is 3.79. The number of hydrogen-bond donors (Lipinski definition) is 0. The minimum atomic E-state index is -0.864. The molecule has 0 aromatic heterocycles. The van der Waals surface area contributed by atoms with Crippen LogP contribution in [0.3, 0.4) is 0 Å². The molecule has 0 aliphatic carbocycles. The predicted molar refractivity (Wildman–Crippen MR) is 93.4 cm³/mol. The van der Waals surface area contributed by atoms with Gasteiger partial charge in [0.1, 0.15) is 18.1 Å². The number of carbonyl (C=O) groups is 3. The van der Waals surface area contributed by atoms with E-state index in [1.54, 1.807) is 0 Å². The van der Waals surface area contributed by atoms with E-state index >= 15 is 0 Å². The molecule has 0 unspecified atom stereocenters. The van der Waals surface area contributed by atoms with Gasteiger partial charge in [0.2, 0.25) is 0 Å². The van der Waals surface area contributed by atoms with Crippen LogP contribution in [0.1, 0.15) is 26.3 Å². The number of esters is 3. The summed E-state index contributed by atoms with van der Waals surface area (Å²) in [7, 11) is 0. The van der Waals surface area contributed by atoms with E-state index in [9.17, 15) is 14.4 Å². The van der Waals surface area contributed by atoms with Crippen molar-refractivity contribution in [2.24, 2.45) is 0 Å². The third-order valence-electron chi connectivity index (χ3n) is 3.66. The Morgan fingerprint density at radius 1 is 1.00 bits per heavy atom. The van der Waals surface area contributed by atoms with Crippen LogP contribution in [-0.2, 0) is 33.3 Å². The number of thioether (sulfide) groups is 1. The van der Waals surface area contributed by atoms with E-state index in [1.807, 2.05) is 31.2 Å². The van der Waals surface area contributed by atoms with Crippen LogP contribution < -0.4 is 0 Å². The van der Waals surface area contributed by atoms with Crippen molar-refractivity contribution >= 4 is 29.7 Å². The molecule has 1 saturated heterocycles. The van der Waals surface area contributed by atoms with Gasteiger partial charge in [0.25, 0.3) is 0 Å². The summed E-state index contributed by atoms with van der Waals surface area (Å²) in [5.41, 5.74) is 0.431. The molecule has 0 N–H and O–H groups in total. The second-order valence-electron chi connectivity index (χ2n) is 5.88. The molecule has 26 heavy (non-hydrogen) atoms. The molecule has 1 fully saturated rings. The SMILES string of the molecule is CC(=O)OC[C@H]1O[C@H](Sc2ccccc2C)[C@@H](OC(C)=O)[C@@H]1OC(C)=O. The number of carbonyl (C=O) groups excluding carboxylic acids is 3. The second-order valence-corrected chi connectivity index (χ2v) is 7.02. The Morgan fingerprint density at radius 3 is 2.19 bits per heavy atom. The molecule has 1 aromatic rings. The van der Waals surface area contributed by atoms with Gasteiger partial charge in [-0.05, 0) is 18.6 Å². The van der Waals surface area contributed by atoms with Crippen LogP contribution in [-0.4, -0.2) is 48.3 Å². The zero-order valence-electron chi connectivity index (χ0n) is 15.1. The van der Waals surface area contributed by atoms with Gasteiger partial charge in [-0.2, -0.15) is 0 Å². The first kappa shape index (κ1) is 20.3. The maximum atomic E-state index is 11.6. The van der Waals surface area contributed by atoms with E-state index in [4.69, 9.17) is 18.9 Å². The average Bonchev–Trinajstić information content (AvgIpc) is 2.84. The molecule has 0 spiro atoms. The fraction of sp³-hybridized carbons (Fsp3) is 0.500. The summed E-state index contributed by atoms with van der Waals surface area (Å²) in [6.07, 6.45) is -2.41. The Hall–Kier alpha value is -2.06. The molecular formula is C18H22O7S. The lowest BCUT2D eigenvalue weighted by molar-refractivity contribution is -0.165. The highest BCUT2D eigenvalue weighted by molar-refractivity contribution is 7.99. The lowest BCUT2D eigenvalue weighted by atomic mass is 10.1. The van der Waals surface area contributed by atoms with Gasteiger partial charge in [0, 0.05) is 25.7 Å². The third kappa shape index (κ3) is 5.47. The molecule has 1 heterocycles. The summed E-state index contributed by atoms with van der Waals surface area (Å²) in [6.45, 7) is 5.67. The van der Waals surface area contributed by atoms with Crippen LogP contribution in [0.4, 0.5) is 0 Å². The zero-order valence-corrected chi connectivity index (χ0v) is 15.9. The Labute approximate surface area is 156 Å². The van der Waals surface area contributed by atoms with Crippen LogP contribution in [0.5, 0.6) is 0 Å². The molecule has 1 aliphatic heterocycles. The highest BCUT2D eigenvalue weighted by Gasteiger charge is 2.50. The van der Waals surface area contributed by atoms with E-state index < -0.39 is 41.7 Å². The van der Waals surface area contributed by atoms with E-state index in [-0.39, 0.29) is 6.61 Å². The lowest BCUT2D eigenvalue weighted by Gasteiger charge is -2.23. The topological polar surface area (TPSA) is 88.1 Å². The van der Waals surface area contributed by atoms with Gasteiger partial charge in [0.15, 0.2) is 12.2 Å². The van der Waals surface area contributed by atoms with Gasteiger partial charge in [-0.1, -0.05) is 30.0 Å². The summed E-state index contributed by atoms with van der Waals surface area (Å²) in [6, 6.07) is 7.70. The van der Waals surface area contributed by atoms with Crippen LogP contribution in [0.2, 0.25) is 0 Å². The number of rotatable bonds is 6. The molecule has 0 bridgehead atoms. The predicted octanol–water partition coefficient (Wildman–Crippen LogP) is 2.24. The summed E-state index contributed by atoms with van der Waals surface area (Å²) in [4.78, 5) is 35.1. The first-order chi connectivity index (χ1) is 12.3. The Morgan fingerprint density at radius 2 is 1.62 bits per heavy atom. The molecule has 0 radical (unpaired) electrons. The zero-order chi connectivity index (χ0) is 19.3. The lowest BCUT2D eigenvalue weighted by Crippen LogP contribution is -2.40. The normalized spacial score (nSPS) is 24.8. The minimum absolute atomic E-state index is 0.101. The highest BCUT2D eigenvalue weighted by atomic mass is 32.2. The number of benzene rings is 1. The van der Waals surface area contributed by atoms with Crippen molar-refractivity contribution in [2.75, 3.05) is 6.61 Å². The number of ether oxygens (including phenoxy) is 4. The van der Waals surface area contributed by atoms with Gasteiger partial charge < -0.3 is 18.9 Å². The Bertz CT molecular complexity index is 675. The highest BCUT2D eigenvalue weighted by Crippen LogP contribution is 2.38. The third-order valence-corrected chi connectivity index (χ3v) is 4.98. The largest absolute Gasteiger partial charge is 0.463 e. The average molecular weight is 382 g/mol. The Kier molecular flexibility index (Phi) is 7.05. The summed E-state index contributed by atoms with van der Waals surface area (Å²) in [5, 5.41) is 0. The van der Waals surface area contributed by atoms with Crippen molar-refractivity contribution in [2.45, 2.75) is 56.3 Å². The quantitative estimate of drug-likeness (QED) is 0.547. The fourth-order valence-electron chi connectivity index (χ4n) is 2.58. The number of hydrogen-bond acceptors (Lipinski definition) is 8. The molecular weight excluding hydrogens is 360 g/mol. The van der Waals surface area contributed by atoms with E-state index in [0.29, 0.717) is 0 Å². The second kappa shape index (κ2) is 9.05. The Balaban J connectivity index is 2.25. The molecule has 1 aromatic carbocycles. The van der Waals surface area contributed by atoms with E-state index in [1.165, 1.54) is 32.5 Å². The molecule has 8 heteroatoms. The van der Waals surface area contributed by atoms with Gasteiger partial charge in [-0.3, -0.25) is 14.4 Å². The van der Waals surface area contributed by atoms with Gasteiger partial charge >= 0.3 is 17.9 Å². The van der Waals surface area contributed by atoms with Crippen molar-refractivity contribution in [3.8, 4) is 0 Å². The van der Waals surface area contributed by atoms with Crippen molar-refractivity contribution in [3.05, 3.63) is 29.8 Å². The molecule has 2 rings (SSSR count). The molecule has 1 aliphatic rings. The van der Waals surface area contributed by atoms with Gasteiger partial charge in [0.05, 0.1) is 0 Å². The minimum Gasteiger partial charge on any atom is -0.463 e. The van der Waals surface area contributed by atoms with Crippen molar-refractivity contribution in [1.82, 2.24) is 0 Å². The molecule has 0 amide bonds. The smallest absolute Gasteiger partial charge is 0.303 e. The van der Waals surface area contributed by atoms with Gasteiger partial charge in [-0.25, -0.2) is 0 Å². The van der Waals surface area contributed by atoms with Crippen LogP contribution in [0, 0.1) is 6.92 Å². The molecule has 7 nitrogen and oxygen atoms in total. The summed E-state index contributed by atoms with van der Waals surface area (Å²) in [5.74, 6) is -1.53. The van der Waals surface area contributed by atoms with E-state index in [0.717, 1.165) is 10.5 Å². The van der Waals surface area contributed by atoms with Crippen LogP contribution in [0.25, 0.3) is 0 Å². The maximum Gasteiger partial charge on any atom is 0.303 e. The van der Waals surface area contributed by atoms with Crippen molar-refractivity contribution < 1.29 is 33.3 Å². The van der Waals surface area contributed by atoms with Crippen LogP contribution in [0.15, 0.2) is 29.2 Å². The van der Waals surface area contributed by atoms with Crippen molar-refractivity contribution in [1.29, 1.82) is 0 Å². The maximum absolute atomic E-state index is 11.6. The number of aryl methyl sites for hydroxylation is 1. The standard InChI is InChI=1S/C18H22O7S/c1-10-7-5-6-8-15(10)26-18-17(24-13(4)21)16(23-12(3)20)14(25-18)9-22-11(2)19/h5-8,14,16-18H,9H2,1-4H3/t14-,16-,17+,18-/m1/s1. The molecule has 0 saturated carbocycles. The molecule has 142 valence electrons. The summed E-state index contributed by atoms with van der Waals surface area (Å²) < 4.78 is 21.6. The first-order valence-corrected chi connectivity index (χ1v) is 9.01.